The van der Waals surface area contributed by atoms with Gasteiger partial charge < -0.3 is 14.6 Å². The van der Waals surface area contributed by atoms with E-state index in [1.807, 2.05) is 31.2 Å². The van der Waals surface area contributed by atoms with Crippen LogP contribution in [0.25, 0.3) is 0 Å². The average molecular weight is 273 g/mol. The van der Waals surface area contributed by atoms with Crippen molar-refractivity contribution < 1.29 is 9.26 Å². The van der Waals surface area contributed by atoms with Gasteiger partial charge in [0, 0.05) is 6.04 Å². The number of aromatic nitrogens is 2. The molecule has 0 spiro atoms. The van der Waals surface area contributed by atoms with Gasteiger partial charge >= 0.3 is 0 Å². The molecule has 106 valence electrons. The highest BCUT2D eigenvalue weighted by atomic mass is 16.5. The van der Waals surface area contributed by atoms with E-state index in [9.17, 15) is 0 Å². The molecule has 1 aliphatic carbocycles. The summed E-state index contributed by atoms with van der Waals surface area (Å²) >= 11 is 0. The molecular formula is C15H19N3O2. The zero-order chi connectivity index (χ0) is 13.8. The van der Waals surface area contributed by atoms with Gasteiger partial charge in [0.25, 0.3) is 0 Å². The van der Waals surface area contributed by atoms with Crippen LogP contribution in [-0.4, -0.2) is 22.8 Å². The highest BCUT2D eigenvalue weighted by Gasteiger charge is 2.20. The Hall–Kier alpha value is -1.88. The SMILES string of the molecule is Cc1cccc(OCCc2nc(CNC3CC3)no2)c1. The van der Waals surface area contributed by atoms with Crippen molar-refractivity contribution in [1.29, 1.82) is 0 Å². The first-order valence-corrected chi connectivity index (χ1v) is 7.04. The second kappa shape index (κ2) is 6.05. The van der Waals surface area contributed by atoms with Crippen LogP contribution < -0.4 is 10.1 Å². The van der Waals surface area contributed by atoms with E-state index >= 15 is 0 Å². The minimum atomic E-state index is 0.543. The Labute approximate surface area is 118 Å². The predicted molar refractivity (Wildman–Crippen MR) is 74.5 cm³/mol. The van der Waals surface area contributed by atoms with Gasteiger partial charge in [-0.15, -0.1) is 0 Å². The number of nitrogens with one attached hydrogen (secondary N) is 1. The molecule has 0 atom stereocenters. The summed E-state index contributed by atoms with van der Waals surface area (Å²) in [6, 6.07) is 8.65. The van der Waals surface area contributed by atoms with E-state index in [0.29, 0.717) is 31.5 Å². The monoisotopic (exact) mass is 273 g/mol. The van der Waals surface area contributed by atoms with Crippen LogP contribution in [0.1, 0.15) is 30.1 Å². The maximum absolute atomic E-state index is 5.66. The molecule has 20 heavy (non-hydrogen) atoms. The number of benzene rings is 1. The fourth-order valence-corrected chi connectivity index (χ4v) is 1.95. The first-order valence-electron chi connectivity index (χ1n) is 7.04. The molecule has 1 saturated carbocycles. The summed E-state index contributed by atoms with van der Waals surface area (Å²) in [5.74, 6) is 2.23. The quantitative estimate of drug-likeness (QED) is 0.838. The van der Waals surface area contributed by atoms with Crippen molar-refractivity contribution in [2.75, 3.05) is 6.61 Å². The fraction of sp³-hybridized carbons (Fsp3) is 0.467. The molecule has 5 nitrogen and oxygen atoms in total. The molecule has 1 aromatic heterocycles. The standard InChI is InChI=1S/C15H19N3O2/c1-11-3-2-4-13(9-11)19-8-7-15-17-14(18-20-15)10-16-12-5-6-12/h2-4,9,12,16H,5-8,10H2,1H3. The molecule has 1 aliphatic rings. The highest BCUT2D eigenvalue weighted by molar-refractivity contribution is 5.27. The summed E-state index contributed by atoms with van der Waals surface area (Å²) < 4.78 is 10.9. The van der Waals surface area contributed by atoms with Gasteiger partial charge in [0.05, 0.1) is 19.6 Å². The van der Waals surface area contributed by atoms with E-state index < -0.39 is 0 Å². The maximum atomic E-state index is 5.66. The summed E-state index contributed by atoms with van der Waals surface area (Å²) in [6.45, 7) is 3.28. The Balaban J connectivity index is 1.43. The van der Waals surface area contributed by atoms with E-state index in [-0.39, 0.29) is 0 Å². The van der Waals surface area contributed by atoms with Crippen molar-refractivity contribution in [3.8, 4) is 5.75 Å². The minimum Gasteiger partial charge on any atom is -0.493 e. The fourth-order valence-electron chi connectivity index (χ4n) is 1.95. The van der Waals surface area contributed by atoms with Crippen LogP contribution in [0, 0.1) is 6.92 Å². The largest absolute Gasteiger partial charge is 0.493 e. The Morgan fingerprint density at radius 3 is 3.10 bits per heavy atom. The lowest BCUT2D eigenvalue weighted by molar-refractivity contribution is 0.291. The topological polar surface area (TPSA) is 60.2 Å². The van der Waals surface area contributed by atoms with E-state index in [4.69, 9.17) is 9.26 Å². The van der Waals surface area contributed by atoms with Crippen LogP contribution in [0.4, 0.5) is 0 Å². The Kier molecular flexibility index (Phi) is 3.97. The zero-order valence-electron chi connectivity index (χ0n) is 11.6. The van der Waals surface area contributed by atoms with Gasteiger partial charge in [-0.2, -0.15) is 4.98 Å². The average Bonchev–Trinajstić information content (AvgIpc) is 3.16. The van der Waals surface area contributed by atoms with Crippen LogP contribution in [0.15, 0.2) is 28.8 Å². The van der Waals surface area contributed by atoms with E-state index in [1.54, 1.807) is 0 Å². The lowest BCUT2D eigenvalue weighted by atomic mass is 10.2. The Morgan fingerprint density at radius 2 is 2.30 bits per heavy atom. The van der Waals surface area contributed by atoms with Crippen LogP contribution in [-0.2, 0) is 13.0 Å². The third-order valence-corrected chi connectivity index (χ3v) is 3.21. The van der Waals surface area contributed by atoms with Gasteiger partial charge in [-0.1, -0.05) is 17.3 Å². The summed E-state index contributed by atoms with van der Waals surface area (Å²) in [7, 11) is 0. The predicted octanol–water partition coefficient (Wildman–Crippen LogP) is 2.25. The van der Waals surface area contributed by atoms with Gasteiger partial charge in [0.15, 0.2) is 5.82 Å². The third-order valence-electron chi connectivity index (χ3n) is 3.21. The van der Waals surface area contributed by atoms with Crippen molar-refractivity contribution in [2.24, 2.45) is 0 Å². The molecule has 2 aromatic rings. The van der Waals surface area contributed by atoms with Gasteiger partial charge in [-0.05, 0) is 37.5 Å². The molecule has 1 N–H and O–H groups in total. The summed E-state index contributed by atoms with van der Waals surface area (Å²) in [6.07, 6.45) is 3.15. The number of hydrogen-bond acceptors (Lipinski definition) is 5. The molecule has 0 aliphatic heterocycles. The molecule has 0 bridgehead atoms. The molecule has 5 heteroatoms. The third kappa shape index (κ3) is 3.81. The summed E-state index contributed by atoms with van der Waals surface area (Å²) in [5.41, 5.74) is 1.19. The Bertz CT molecular complexity index is 564. The van der Waals surface area contributed by atoms with E-state index in [0.717, 1.165) is 11.6 Å². The molecule has 1 aromatic carbocycles. The molecule has 0 saturated heterocycles. The van der Waals surface area contributed by atoms with Gasteiger partial charge in [0.2, 0.25) is 5.89 Å². The van der Waals surface area contributed by atoms with Crippen LogP contribution >= 0.6 is 0 Å². The van der Waals surface area contributed by atoms with E-state index in [2.05, 4.69) is 15.5 Å². The number of nitrogens with zero attached hydrogens (tertiary/aromatic N) is 2. The van der Waals surface area contributed by atoms with Crippen LogP contribution in [0.2, 0.25) is 0 Å². The summed E-state index contributed by atoms with van der Waals surface area (Å²) in [5, 5.41) is 7.31. The van der Waals surface area contributed by atoms with Gasteiger partial charge in [-0.3, -0.25) is 0 Å². The molecular weight excluding hydrogens is 254 g/mol. The first-order chi connectivity index (χ1) is 9.79. The summed E-state index contributed by atoms with van der Waals surface area (Å²) in [4.78, 5) is 4.34. The van der Waals surface area contributed by atoms with Crippen LogP contribution in [0.3, 0.4) is 0 Å². The molecule has 0 unspecified atom stereocenters. The molecule has 1 heterocycles. The number of aryl methyl sites for hydroxylation is 1. The van der Waals surface area contributed by atoms with Crippen molar-refractivity contribution in [3.63, 3.8) is 0 Å². The zero-order valence-corrected chi connectivity index (χ0v) is 11.6. The second-order valence-corrected chi connectivity index (χ2v) is 5.17. The smallest absolute Gasteiger partial charge is 0.230 e. The van der Waals surface area contributed by atoms with Crippen molar-refractivity contribution >= 4 is 0 Å². The van der Waals surface area contributed by atoms with Crippen molar-refractivity contribution in [3.05, 3.63) is 41.5 Å². The first kappa shape index (κ1) is 13.1. The number of rotatable bonds is 7. The van der Waals surface area contributed by atoms with Gasteiger partial charge in [-0.25, -0.2) is 0 Å². The minimum absolute atomic E-state index is 0.543. The van der Waals surface area contributed by atoms with Gasteiger partial charge in [0.1, 0.15) is 5.75 Å². The molecule has 1 fully saturated rings. The maximum Gasteiger partial charge on any atom is 0.230 e. The Morgan fingerprint density at radius 1 is 1.40 bits per heavy atom. The normalized spacial score (nSPS) is 14.4. The van der Waals surface area contributed by atoms with E-state index in [1.165, 1.54) is 18.4 Å². The molecule has 3 rings (SSSR count). The highest BCUT2D eigenvalue weighted by Crippen LogP contribution is 2.19. The van der Waals surface area contributed by atoms with Crippen LogP contribution in [0.5, 0.6) is 5.75 Å². The lowest BCUT2D eigenvalue weighted by Crippen LogP contribution is -2.16. The van der Waals surface area contributed by atoms with Crippen molar-refractivity contribution in [1.82, 2.24) is 15.5 Å². The second-order valence-electron chi connectivity index (χ2n) is 5.17. The van der Waals surface area contributed by atoms with Crippen molar-refractivity contribution in [2.45, 2.75) is 38.8 Å². The molecule has 0 amide bonds. The number of hydrogen-bond donors (Lipinski definition) is 1. The number of ether oxygens (including phenoxy) is 1. The lowest BCUT2D eigenvalue weighted by Gasteiger charge is -2.04. The molecule has 0 radical (unpaired) electrons.